The lowest BCUT2D eigenvalue weighted by atomic mass is 10.0. The molecule has 0 saturated heterocycles. The number of nitrogens with zero attached hydrogens (tertiary/aromatic N) is 1. The average Bonchev–Trinajstić information content (AvgIpc) is 2.89. The summed E-state index contributed by atoms with van der Waals surface area (Å²) < 4.78 is 0. The second-order valence-corrected chi connectivity index (χ2v) is 5.76. The van der Waals surface area contributed by atoms with Crippen molar-refractivity contribution >= 4 is 28.9 Å². The molecule has 1 aliphatic rings. The van der Waals surface area contributed by atoms with Crippen molar-refractivity contribution in [3.63, 3.8) is 0 Å². The van der Waals surface area contributed by atoms with Crippen LogP contribution in [0.2, 0.25) is 0 Å². The van der Waals surface area contributed by atoms with Gasteiger partial charge in [0.1, 0.15) is 0 Å². The monoisotopic (exact) mass is 274 g/mol. The van der Waals surface area contributed by atoms with Crippen molar-refractivity contribution in [3.8, 4) is 0 Å². The molecule has 1 aliphatic heterocycles. The Kier molecular flexibility index (Phi) is 4.80. The van der Waals surface area contributed by atoms with Crippen LogP contribution in [-0.4, -0.2) is 23.4 Å². The Hall–Kier alpha value is -1.55. The lowest BCUT2D eigenvalue weighted by Crippen LogP contribution is -2.25. The van der Waals surface area contributed by atoms with Crippen molar-refractivity contribution in [2.75, 3.05) is 12.3 Å². The minimum Gasteiger partial charge on any atom is -0.302 e. The summed E-state index contributed by atoms with van der Waals surface area (Å²) in [4.78, 5) is 15.8. The highest BCUT2D eigenvalue weighted by atomic mass is 32.2. The Morgan fingerprint density at radius 3 is 2.68 bits per heavy atom. The summed E-state index contributed by atoms with van der Waals surface area (Å²) in [5, 5.41) is 3.49. The number of thioether (sulfide) groups is 1. The maximum atomic E-state index is 11.7. The highest BCUT2D eigenvalue weighted by Gasteiger charge is 2.08. The number of amides is 1. The van der Waals surface area contributed by atoms with E-state index in [1.807, 2.05) is 18.2 Å². The molecule has 0 saturated carbocycles. The Balaban J connectivity index is 1.92. The molecule has 4 heteroatoms. The van der Waals surface area contributed by atoms with E-state index in [0.717, 1.165) is 23.0 Å². The molecule has 2 rings (SSSR count). The first kappa shape index (κ1) is 13.9. The van der Waals surface area contributed by atoms with Crippen LogP contribution in [0.15, 0.2) is 35.3 Å². The fraction of sp³-hybridized carbons (Fsp3) is 0.333. The number of hydrogen-bond acceptors (Lipinski definition) is 3. The van der Waals surface area contributed by atoms with E-state index in [0.29, 0.717) is 5.92 Å². The van der Waals surface area contributed by atoms with Gasteiger partial charge in [-0.2, -0.15) is 0 Å². The molecule has 0 spiro atoms. The SMILES string of the molecule is CC(C)c1ccc(/C=C/C(=O)NC2=NCCS2)cc1. The number of hydrogen-bond donors (Lipinski definition) is 1. The number of nitrogens with one attached hydrogen (secondary N) is 1. The minimum atomic E-state index is -0.124. The lowest BCUT2D eigenvalue weighted by Gasteiger charge is -2.04. The first-order chi connectivity index (χ1) is 9.15. The third-order valence-electron chi connectivity index (χ3n) is 2.85. The van der Waals surface area contributed by atoms with Crippen LogP contribution in [0.25, 0.3) is 6.08 Å². The van der Waals surface area contributed by atoms with Crippen LogP contribution in [0.3, 0.4) is 0 Å². The fourth-order valence-electron chi connectivity index (χ4n) is 1.72. The molecule has 100 valence electrons. The zero-order chi connectivity index (χ0) is 13.7. The summed E-state index contributed by atoms with van der Waals surface area (Å²) in [6.07, 6.45) is 3.37. The predicted octanol–water partition coefficient (Wildman–Crippen LogP) is 3.04. The van der Waals surface area contributed by atoms with E-state index in [2.05, 4.69) is 36.3 Å². The van der Waals surface area contributed by atoms with Crippen LogP contribution in [0, 0.1) is 0 Å². The zero-order valence-electron chi connectivity index (χ0n) is 11.2. The maximum absolute atomic E-state index is 11.7. The molecular weight excluding hydrogens is 256 g/mol. The first-order valence-corrected chi connectivity index (χ1v) is 7.40. The van der Waals surface area contributed by atoms with Crippen LogP contribution in [0.1, 0.15) is 30.9 Å². The number of carbonyl (C=O) groups excluding carboxylic acids is 1. The van der Waals surface area contributed by atoms with Gasteiger partial charge in [-0.1, -0.05) is 49.9 Å². The molecule has 0 radical (unpaired) electrons. The molecule has 0 fully saturated rings. The van der Waals surface area contributed by atoms with E-state index in [9.17, 15) is 4.79 Å². The highest BCUT2D eigenvalue weighted by Crippen LogP contribution is 2.15. The van der Waals surface area contributed by atoms with E-state index in [-0.39, 0.29) is 5.91 Å². The number of amidine groups is 1. The van der Waals surface area contributed by atoms with E-state index < -0.39 is 0 Å². The van der Waals surface area contributed by atoms with Crippen LogP contribution < -0.4 is 5.32 Å². The third kappa shape index (κ3) is 4.24. The summed E-state index contributed by atoms with van der Waals surface area (Å²) in [6, 6.07) is 8.25. The summed E-state index contributed by atoms with van der Waals surface area (Å²) >= 11 is 1.58. The molecule has 3 nitrogen and oxygen atoms in total. The summed E-state index contributed by atoms with van der Waals surface area (Å²) in [5.41, 5.74) is 2.33. The van der Waals surface area contributed by atoms with Gasteiger partial charge < -0.3 is 5.32 Å². The zero-order valence-corrected chi connectivity index (χ0v) is 12.0. The summed E-state index contributed by atoms with van der Waals surface area (Å²) in [6.45, 7) is 5.12. The van der Waals surface area contributed by atoms with E-state index in [1.54, 1.807) is 17.8 Å². The Labute approximate surface area is 118 Å². The summed E-state index contributed by atoms with van der Waals surface area (Å²) in [7, 11) is 0. The van der Waals surface area contributed by atoms with Crippen molar-refractivity contribution in [2.24, 2.45) is 4.99 Å². The predicted molar refractivity (Wildman–Crippen MR) is 82.5 cm³/mol. The molecule has 0 bridgehead atoms. The van der Waals surface area contributed by atoms with Crippen LogP contribution >= 0.6 is 11.8 Å². The van der Waals surface area contributed by atoms with E-state index in [4.69, 9.17) is 0 Å². The molecule has 0 aromatic heterocycles. The smallest absolute Gasteiger partial charge is 0.249 e. The standard InChI is InChI=1S/C15H18N2OS/c1-11(2)13-6-3-12(4-7-13)5-8-14(18)17-15-16-9-10-19-15/h3-8,11H,9-10H2,1-2H3,(H,16,17,18)/b8-5+. The molecule has 19 heavy (non-hydrogen) atoms. The average molecular weight is 274 g/mol. The van der Waals surface area contributed by atoms with Gasteiger partial charge in [0.2, 0.25) is 5.91 Å². The molecule has 1 aromatic carbocycles. The Morgan fingerprint density at radius 1 is 1.37 bits per heavy atom. The van der Waals surface area contributed by atoms with Crippen molar-refractivity contribution < 1.29 is 4.79 Å². The van der Waals surface area contributed by atoms with Gasteiger partial charge in [-0.15, -0.1) is 0 Å². The van der Waals surface area contributed by atoms with Crippen molar-refractivity contribution in [1.29, 1.82) is 0 Å². The Morgan fingerprint density at radius 2 is 2.11 bits per heavy atom. The number of carbonyl (C=O) groups is 1. The molecule has 0 aliphatic carbocycles. The van der Waals surface area contributed by atoms with Gasteiger partial charge in [0, 0.05) is 11.8 Å². The molecule has 0 atom stereocenters. The van der Waals surface area contributed by atoms with Gasteiger partial charge in [0.25, 0.3) is 0 Å². The minimum absolute atomic E-state index is 0.124. The van der Waals surface area contributed by atoms with E-state index in [1.165, 1.54) is 5.56 Å². The maximum Gasteiger partial charge on any atom is 0.249 e. The second kappa shape index (κ2) is 6.57. The molecule has 1 aromatic rings. The molecular formula is C15H18N2OS. The van der Waals surface area contributed by atoms with Crippen molar-refractivity contribution in [2.45, 2.75) is 19.8 Å². The van der Waals surface area contributed by atoms with Crippen molar-refractivity contribution in [3.05, 3.63) is 41.5 Å². The van der Waals surface area contributed by atoms with Crippen LogP contribution in [-0.2, 0) is 4.79 Å². The fourth-order valence-corrected chi connectivity index (χ4v) is 2.45. The van der Waals surface area contributed by atoms with Crippen LogP contribution in [0.4, 0.5) is 0 Å². The molecule has 1 N–H and O–H groups in total. The quantitative estimate of drug-likeness (QED) is 0.861. The number of rotatable bonds is 3. The van der Waals surface area contributed by atoms with Crippen LogP contribution in [0.5, 0.6) is 0 Å². The highest BCUT2D eigenvalue weighted by molar-refractivity contribution is 8.14. The van der Waals surface area contributed by atoms with E-state index >= 15 is 0 Å². The Bertz CT molecular complexity index is 503. The number of aliphatic imine (C=N–C) groups is 1. The normalized spacial score (nSPS) is 15.0. The largest absolute Gasteiger partial charge is 0.302 e. The molecule has 1 amide bonds. The molecule has 1 heterocycles. The van der Waals surface area contributed by atoms with Gasteiger partial charge in [-0.3, -0.25) is 9.79 Å². The van der Waals surface area contributed by atoms with Gasteiger partial charge >= 0.3 is 0 Å². The van der Waals surface area contributed by atoms with Gasteiger partial charge in [0.15, 0.2) is 5.17 Å². The van der Waals surface area contributed by atoms with Crippen molar-refractivity contribution in [1.82, 2.24) is 5.32 Å². The topological polar surface area (TPSA) is 41.5 Å². The van der Waals surface area contributed by atoms with Gasteiger partial charge in [0.05, 0.1) is 6.54 Å². The first-order valence-electron chi connectivity index (χ1n) is 6.41. The summed E-state index contributed by atoms with van der Waals surface area (Å²) in [5.74, 6) is 1.36. The number of benzene rings is 1. The third-order valence-corrected chi connectivity index (χ3v) is 3.74. The second-order valence-electron chi connectivity index (χ2n) is 4.68. The lowest BCUT2D eigenvalue weighted by molar-refractivity contribution is -0.115. The van der Waals surface area contributed by atoms with Gasteiger partial charge in [-0.25, -0.2) is 0 Å². The van der Waals surface area contributed by atoms with Gasteiger partial charge in [-0.05, 0) is 23.1 Å². The molecule has 0 unspecified atom stereocenters.